The number of anilines is 1. The molecule has 4 heteroatoms. The first-order valence-corrected chi connectivity index (χ1v) is 7.06. The quantitative estimate of drug-likeness (QED) is 0.875. The van der Waals surface area contributed by atoms with Crippen LogP contribution in [-0.4, -0.2) is 23.1 Å². The second kappa shape index (κ2) is 7.01. The molecular formula is C16H22N4. The Bertz CT molecular complexity index is 539. The van der Waals surface area contributed by atoms with Gasteiger partial charge in [-0.1, -0.05) is 37.3 Å². The summed E-state index contributed by atoms with van der Waals surface area (Å²) in [6, 6.07) is 12.4. The van der Waals surface area contributed by atoms with Crippen molar-refractivity contribution in [2.75, 3.05) is 18.0 Å². The summed E-state index contributed by atoms with van der Waals surface area (Å²) in [7, 11) is 0. The van der Waals surface area contributed by atoms with Crippen LogP contribution in [0.25, 0.3) is 0 Å². The van der Waals surface area contributed by atoms with Crippen molar-refractivity contribution in [1.82, 2.24) is 9.97 Å². The molecule has 0 bridgehead atoms. The minimum absolute atomic E-state index is 0.608. The van der Waals surface area contributed by atoms with E-state index in [4.69, 9.17) is 5.73 Å². The summed E-state index contributed by atoms with van der Waals surface area (Å²) in [6.45, 7) is 6.26. The zero-order valence-electron chi connectivity index (χ0n) is 12.2. The molecule has 0 aliphatic rings. The summed E-state index contributed by atoms with van der Waals surface area (Å²) in [5, 5.41) is 0. The van der Waals surface area contributed by atoms with Crippen molar-refractivity contribution < 1.29 is 0 Å². The molecule has 0 saturated heterocycles. The Kier molecular flexibility index (Phi) is 5.07. The molecule has 0 amide bonds. The number of aryl methyl sites for hydroxylation is 2. The summed E-state index contributed by atoms with van der Waals surface area (Å²) in [5.41, 5.74) is 8.08. The van der Waals surface area contributed by atoms with E-state index in [1.165, 1.54) is 5.56 Å². The van der Waals surface area contributed by atoms with E-state index in [1.807, 2.05) is 13.0 Å². The molecule has 0 aliphatic heterocycles. The fraction of sp³-hybridized carbons (Fsp3) is 0.375. The molecule has 0 unspecified atom stereocenters. The van der Waals surface area contributed by atoms with Crippen molar-refractivity contribution in [3.8, 4) is 0 Å². The maximum absolute atomic E-state index is 5.74. The average molecular weight is 270 g/mol. The summed E-state index contributed by atoms with van der Waals surface area (Å²) < 4.78 is 0. The van der Waals surface area contributed by atoms with Gasteiger partial charge in [0.1, 0.15) is 11.6 Å². The van der Waals surface area contributed by atoms with Crippen molar-refractivity contribution in [3.05, 3.63) is 53.5 Å². The molecule has 2 rings (SSSR count). The third kappa shape index (κ3) is 3.78. The Morgan fingerprint density at radius 2 is 1.90 bits per heavy atom. The molecule has 2 aromatic rings. The zero-order valence-corrected chi connectivity index (χ0v) is 12.2. The largest absolute Gasteiger partial charge is 0.351 e. The van der Waals surface area contributed by atoms with Crippen LogP contribution in [0, 0.1) is 6.92 Å². The highest BCUT2D eigenvalue weighted by atomic mass is 15.2. The SMILES string of the molecule is CCc1cc(N(CCN)Cc2ccccc2)nc(C)n1. The maximum Gasteiger partial charge on any atom is 0.132 e. The second-order valence-electron chi connectivity index (χ2n) is 4.81. The highest BCUT2D eigenvalue weighted by Gasteiger charge is 2.10. The smallest absolute Gasteiger partial charge is 0.132 e. The average Bonchev–Trinajstić information content (AvgIpc) is 2.47. The van der Waals surface area contributed by atoms with Crippen molar-refractivity contribution >= 4 is 5.82 Å². The van der Waals surface area contributed by atoms with E-state index in [2.05, 4.69) is 52.1 Å². The number of nitrogens with two attached hydrogens (primary N) is 1. The van der Waals surface area contributed by atoms with E-state index in [0.717, 1.165) is 36.8 Å². The van der Waals surface area contributed by atoms with Crippen LogP contribution in [0.5, 0.6) is 0 Å². The van der Waals surface area contributed by atoms with Gasteiger partial charge in [0, 0.05) is 31.4 Å². The van der Waals surface area contributed by atoms with E-state index in [-0.39, 0.29) is 0 Å². The highest BCUT2D eigenvalue weighted by Crippen LogP contribution is 2.16. The van der Waals surface area contributed by atoms with Crippen molar-refractivity contribution in [1.29, 1.82) is 0 Å². The summed E-state index contributed by atoms with van der Waals surface area (Å²) in [4.78, 5) is 11.2. The van der Waals surface area contributed by atoms with Crippen LogP contribution in [0.3, 0.4) is 0 Å². The topological polar surface area (TPSA) is 55.0 Å². The number of nitrogens with zero attached hydrogens (tertiary/aromatic N) is 3. The molecule has 0 saturated carbocycles. The van der Waals surface area contributed by atoms with Crippen molar-refractivity contribution in [3.63, 3.8) is 0 Å². The first kappa shape index (κ1) is 14.5. The van der Waals surface area contributed by atoms with Gasteiger partial charge in [0.05, 0.1) is 0 Å². The van der Waals surface area contributed by atoms with Gasteiger partial charge in [0.25, 0.3) is 0 Å². The monoisotopic (exact) mass is 270 g/mol. The molecule has 20 heavy (non-hydrogen) atoms. The normalized spacial score (nSPS) is 10.6. The molecule has 1 heterocycles. The van der Waals surface area contributed by atoms with Crippen LogP contribution >= 0.6 is 0 Å². The fourth-order valence-electron chi connectivity index (χ4n) is 2.19. The van der Waals surface area contributed by atoms with E-state index in [1.54, 1.807) is 0 Å². The molecule has 0 spiro atoms. The lowest BCUT2D eigenvalue weighted by Gasteiger charge is -2.24. The van der Waals surface area contributed by atoms with Crippen molar-refractivity contribution in [2.45, 2.75) is 26.8 Å². The predicted octanol–water partition coefficient (Wildman–Crippen LogP) is 2.31. The Labute approximate surface area is 120 Å². The molecule has 0 radical (unpaired) electrons. The van der Waals surface area contributed by atoms with Crippen LogP contribution in [0.1, 0.15) is 24.0 Å². The molecular weight excluding hydrogens is 248 g/mol. The molecule has 0 aliphatic carbocycles. The molecule has 2 N–H and O–H groups in total. The van der Waals surface area contributed by atoms with Gasteiger partial charge in [0.15, 0.2) is 0 Å². The second-order valence-corrected chi connectivity index (χ2v) is 4.81. The predicted molar refractivity (Wildman–Crippen MR) is 82.7 cm³/mol. The first-order valence-electron chi connectivity index (χ1n) is 7.06. The first-order chi connectivity index (χ1) is 9.72. The minimum atomic E-state index is 0.608. The van der Waals surface area contributed by atoms with Gasteiger partial charge in [0.2, 0.25) is 0 Å². The van der Waals surface area contributed by atoms with Gasteiger partial charge in [-0.05, 0) is 18.9 Å². The summed E-state index contributed by atoms with van der Waals surface area (Å²) >= 11 is 0. The van der Waals surface area contributed by atoms with E-state index < -0.39 is 0 Å². The standard InChI is InChI=1S/C16H22N4/c1-3-15-11-16(19-13(2)18-15)20(10-9-17)12-14-7-5-4-6-8-14/h4-8,11H,3,9-10,12,17H2,1-2H3. The Hall–Kier alpha value is -1.94. The van der Waals surface area contributed by atoms with Gasteiger partial charge in [-0.15, -0.1) is 0 Å². The van der Waals surface area contributed by atoms with Gasteiger partial charge in [-0.2, -0.15) is 0 Å². The van der Waals surface area contributed by atoms with Crippen LogP contribution in [0.2, 0.25) is 0 Å². The Morgan fingerprint density at radius 1 is 1.15 bits per heavy atom. The number of hydrogen-bond acceptors (Lipinski definition) is 4. The van der Waals surface area contributed by atoms with Crippen LogP contribution in [0.4, 0.5) is 5.82 Å². The number of benzene rings is 1. The fourth-order valence-corrected chi connectivity index (χ4v) is 2.19. The lowest BCUT2D eigenvalue weighted by molar-refractivity contribution is 0.765. The van der Waals surface area contributed by atoms with E-state index in [9.17, 15) is 0 Å². The lowest BCUT2D eigenvalue weighted by Crippen LogP contribution is -2.30. The third-order valence-corrected chi connectivity index (χ3v) is 3.18. The number of hydrogen-bond donors (Lipinski definition) is 1. The molecule has 0 atom stereocenters. The zero-order chi connectivity index (χ0) is 14.4. The molecule has 0 fully saturated rings. The van der Waals surface area contributed by atoms with Crippen LogP contribution < -0.4 is 10.6 Å². The van der Waals surface area contributed by atoms with Gasteiger partial charge in [-0.3, -0.25) is 0 Å². The van der Waals surface area contributed by atoms with Crippen LogP contribution in [-0.2, 0) is 13.0 Å². The van der Waals surface area contributed by atoms with Crippen LogP contribution in [0.15, 0.2) is 36.4 Å². The number of rotatable bonds is 6. The third-order valence-electron chi connectivity index (χ3n) is 3.18. The molecule has 106 valence electrons. The van der Waals surface area contributed by atoms with E-state index in [0.29, 0.717) is 6.54 Å². The van der Waals surface area contributed by atoms with Gasteiger partial charge in [-0.25, -0.2) is 9.97 Å². The van der Waals surface area contributed by atoms with Gasteiger partial charge < -0.3 is 10.6 Å². The molecule has 1 aromatic heterocycles. The molecule has 4 nitrogen and oxygen atoms in total. The minimum Gasteiger partial charge on any atom is -0.351 e. The van der Waals surface area contributed by atoms with Crippen molar-refractivity contribution in [2.24, 2.45) is 5.73 Å². The number of aromatic nitrogens is 2. The lowest BCUT2D eigenvalue weighted by atomic mass is 10.2. The maximum atomic E-state index is 5.74. The summed E-state index contributed by atoms with van der Waals surface area (Å²) in [6.07, 6.45) is 0.915. The Balaban J connectivity index is 2.26. The Morgan fingerprint density at radius 3 is 2.55 bits per heavy atom. The highest BCUT2D eigenvalue weighted by molar-refractivity contribution is 5.41. The van der Waals surface area contributed by atoms with Gasteiger partial charge >= 0.3 is 0 Å². The van der Waals surface area contributed by atoms with E-state index >= 15 is 0 Å². The molecule has 1 aromatic carbocycles. The summed E-state index contributed by atoms with van der Waals surface area (Å²) in [5.74, 6) is 1.78.